The van der Waals surface area contributed by atoms with E-state index >= 15 is 0 Å². The third-order valence-corrected chi connectivity index (χ3v) is 5.50. The number of carbonyl (C=O) groups excluding carboxylic acids is 1. The van der Waals surface area contributed by atoms with Gasteiger partial charge in [-0.05, 0) is 47.5 Å². The highest BCUT2D eigenvalue weighted by atomic mass is 32.1. The third kappa shape index (κ3) is 3.42. The lowest BCUT2D eigenvalue weighted by Crippen LogP contribution is -2.07. The van der Waals surface area contributed by atoms with E-state index in [0.29, 0.717) is 29.0 Å². The lowest BCUT2D eigenvalue weighted by atomic mass is 9.99. The SMILES string of the molecule is CCOC(=O)c1cccc2ncn(-c3ccc(-c4ccccc4-c4nn[nH]n4)c(S)c3)c12. The molecule has 0 radical (unpaired) electrons. The van der Waals surface area contributed by atoms with E-state index in [1.165, 1.54) is 0 Å². The maximum atomic E-state index is 12.5. The molecule has 0 saturated carbocycles. The second-order valence-corrected chi connectivity index (χ2v) is 7.47. The highest BCUT2D eigenvalue weighted by molar-refractivity contribution is 7.80. The van der Waals surface area contributed by atoms with E-state index in [1.54, 1.807) is 25.4 Å². The van der Waals surface area contributed by atoms with Crippen LogP contribution in [0.2, 0.25) is 0 Å². The van der Waals surface area contributed by atoms with Gasteiger partial charge in [0.25, 0.3) is 0 Å². The maximum Gasteiger partial charge on any atom is 0.340 e. The van der Waals surface area contributed by atoms with Gasteiger partial charge in [-0.25, -0.2) is 9.78 Å². The Balaban J connectivity index is 1.62. The Morgan fingerprint density at radius 1 is 1.06 bits per heavy atom. The quantitative estimate of drug-likeness (QED) is 0.310. The number of rotatable bonds is 5. The van der Waals surface area contributed by atoms with Crippen molar-refractivity contribution in [3.8, 4) is 28.2 Å². The zero-order valence-corrected chi connectivity index (χ0v) is 18.0. The molecule has 8 nitrogen and oxygen atoms in total. The molecule has 0 spiro atoms. The fraction of sp³-hybridized carbons (Fsp3) is 0.0870. The Bertz CT molecular complexity index is 1430. The number of benzene rings is 3. The number of nitrogens with zero attached hydrogens (tertiary/aromatic N) is 5. The molecule has 158 valence electrons. The highest BCUT2D eigenvalue weighted by Crippen LogP contribution is 2.35. The number of H-pyrrole nitrogens is 1. The zero-order valence-electron chi connectivity index (χ0n) is 17.1. The van der Waals surface area contributed by atoms with Gasteiger partial charge in [-0.2, -0.15) is 5.21 Å². The van der Waals surface area contributed by atoms with Crippen molar-refractivity contribution in [2.24, 2.45) is 0 Å². The molecule has 0 atom stereocenters. The van der Waals surface area contributed by atoms with Gasteiger partial charge in [0.1, 0.15) is 6.33 Å². The summed E-state index contributed by atoms with van der Waals surface area (Å²) in [5.74, 6) is 0.133. The molecular weight excluding hydrogens is 424 g/mol. The van der Waals surface area contributed by atoms with Gasteiger partial charge in [0.2, 0.25) is 5.82 Å². The number of fused-ring (bicyclic) bond motifs is 1. The standard InChI is InChI=1S/C23H18N6O2S/c1-2-31-23(30)18-8-5-9-19-21(18)29(13-24-19)14-10-11-16(20(32)12-14)15-6-3-4-7-17(15)22-25-27-28-26-22/h3-13,32H,2H2,1H3,(H,25,26,27,28). The number of para-hydroxylation sites is 1. The van der Waals surface area contributed by atoms with E-state index in [9.17, 15) is 4.79 Å². The number of imidazole rings is 1. The van der Waals surface area contributed by atoms with Crippen molar-refractivity contribution in [1.29, 1.82) is 0 Å². The Morgan fingerprint density at radius 2 is 1.91 bits per heavy atom. The predicted octanol–water partition coefficient (Wildman–Crippen LogP) is 4.34. The number of tetrazole rings is 1. The van der Waals surface area contributed by atoms with Crippen molar-refractivity contribution in [1.82, 2.24) is 30.2 Å². The average Bonchev–Trinajstić information content (AvgIpc) is 3.49. The van der Waals surface area contributed by atoms with E-state index in [4.69, 9.17) is 17.4 Å². The third-order valence-electron chi connectivity index (χ3n) is 5.13. The number of hydrogen-bond acceptors (Lipinski definition) is 7. The molecule has 0 unspecified atom stereocenters. The summed E-state index contributed by atoms with van der Waals surface area (Å²) < 4.78 is 7.10. The summed E-state index contributed by atoms with van der Waals surface area (Å²) in [4.78, 5) is 17.7. The van der Waals surface area contributed by atoms with Gasteiger partial charge in [0.05, 0.1) is 23.2 Å². The monoisotopic (exact) mass is 442 g/mol. The highest BCUT2D eigenvalue weighted by Gasteiger charge is 2.18. The molecule has 9 heteroatoms. The average molecular weight is 443 g/mol. The second-order valence-electron chi connectivity index (χ2n) is 6.99. The van der Waals surface area contributed by atoms with Gasteiger partial charge in [0, 0.05) is 16.1 Å². The molecule has 0 aliphatic carbocycles. The smallest absolute Gasteiger partial charge is 0.340 e. The normalized spacial score (nSPS) is 11.1. The maximum absolute atomic E-state index is 12.5. The van der Waals surface area contributed by atoms with E-state index in [1.807, 2.05) is 53.1 Å². The van der Waals surface area contributed by atoms with Crippen molar-refractivity contribution in [2.75, 3.05) is 6.61 Å². The van der Waals surface area contributed by atoms with E-state index in [0.717, 1.165) is 27.3 Å². The molecule has 0 aliphatic rings. The van der Waals surface area contributed by atoms with E-state index in [2.05, 4.69) is 25.6 Å². The van der Waals surface area contributed by atoms with Crippen molar-refractivity contribution >= 4 is 29.6 Å². The summed E-state index contributed by atoms with van der Waals surface area (Å²) in [6.45, 7) is 2.09. The van der Waals surface area contributed by atoms with Gasteiger partial charge >= 0.3 is 5.97 Å². The van der Waals surface area contributed by atoms with Crippen molar-refractivity contribution in [2.45, 2.75) is 11.8 Å². The van der Waals surface area contributed by atoms with Gasteiger partial charge in [-0.3, -0.25) is 4.57 Å². The number of carbonyl (C=O) groups is 1. The number of aromatic nitrogens is 6. The van der Waals surface area contributed by atoms with Gasteiger partial charge in [-0.1, -0.05) is 36.4 Å². The molecular formula is C23H18N6O2S. The minimum atomic E-state index is -0.378. The molecule has 2 aromatic heterocycles. The number of thiol groups is 1. The number of nitrogens with one attached hydrogen (secondary N) is 1. The van der Waals surface area contributed by atoms with Gasteiger partial charge < -0.3 is 4.74 Å². The molecule has 2 heterocycles. The molecule has 0 amide bonds. The molecule has 3 aromatic carbocycles. The second kappa shape index (κ2) is 8.27. The first-order valence-electron chi connectivity index (χ1n) is 9.97. The summed E-state index contributed by atoms with van der Waals surface area (Å²) in [5, 5.41) is 14.4. The van der Waals surface area contributed by atoms with Crippen LogP contribution in [0.5, 0.6) is 0 Å². The first-order chi connectivity index (χ1) is 15.7. The molecule has 0 aliphatic heterocycles. The molecule has 0 saturated heterocycles. The number of hydrogen-bond donors (Lipinski definition) is 2. The van der Waals surface area contributed by atoms with Crippen LogP contribution in [0.1, 0.15) is 17.3 Å². The van der Waals surface area contributed by atoms with Crippen LogP contribution in [-0.2, 0) is 4.74 Å². The van der Waals surface area contributed by atoms with E-state index < -0.39 is 0 Å². The Kier molecular flexibility index (Phi) is 5.16. The number of esters is 1. The summed E-state index contributed by atoms with van der Waals surface area (Å²) in [7, 11) is 0. The van der Waals surface area contributed by atoms with Crippen LogP contribution in [0.4, 0.5) is 0 Å². The molecule has 32 heavy (non-hydrogen) atoms. The van der Waals surface area contributed by atoms with Crippen molar-refractivity contribution in [3.63, 3.8) is 0 Å². The van der Waals surface area contributed by atoms with Crippen molar-refractivity contribution < 1.29 is 9.53 Å². The first kappa shape index (κ1) is 20.0. The lowest BCUT2D eigenvalue weighted by Gasteiger charge is -2.13. The number of ether oxygens (including phenoxy) is 1. The molecule has 1 N–H and O–H groups in total. The summed E-state index contributed by atoms with van der Waals surface area (Å²) in [5.41, 5.74) is 5.41. The summed E-state index contributed by atoms with van der Waals surface area (Å²) in [6.07, 6.45) is 1.70. The van der Waals surface area contributed by atoms with Crippen molar-refractivity contribution in [3.05, 3.63) is 72.6 Å². The number of aromatic amines is 1. The van der Waals surface area contributed by atoms with Gasteiger partial charge in [0.15, 0.2) is 0 Å². The molecule has 5 rings (SSSR count). The molecule has 5 aromatic rings. The first-order valence-corrected chi connectivity index (χ1v) is 10.4. The van der Waals surface area contributed by atoms with Crippen LogP contribution in [-0.4, -0.2) is 42.8 Å². The molecule has 0 bridgehead atoms. The Hall–Kier alpha value is -3.98. The molecule has 0 fully saturated rings. The van der Waals surface area contributed by atoms with Crippen LogP contribution in [0, 0.1) is 0 Å². The fourth-order valence-corrected chi connectivity index (χ4v) is 4.05. The van der Waals surface area contributed by atoms with E-state index in [-0.39, 0.29) is 5.97 Å². The fourth-order valence-electron chi connectivity index (χ4n) is 3.72. The van der Waals surface area contributed by atoms with Crippen LogP contribution in [0.3, 0.4) is 0 Å². The lowest BCUT2D eigenvalue weighted by molar-refractivity contribution is 0.0528. The van der Waals surface area contributed by atoms with Crippen LogP contribution >= 0.6 is 12.6 Å². The Labute approximate surface area is 188 Å². The predicted molar refractivity (Wildman–Crippen MR) is 123 cm³/mol. The topological polar surface area (TPSA) is 98.6 Å². The van der Waals surface area contributed by atoms with Crippen LogP contribution < -0.4 is 0 Å². The van der Waals surface area contributed by atoms with Gasteiger partial charge in [-0.15, -0.1) is 22.8 Å². The summed E-state index contributed by atoms with van der Waals surface area (Å²) >= 11 is 4.76. The Morgan fingerprint density at radius 3 is 2.66 bits per heavy atom. The minimum Gasteiger partial charge on any atom is -0.462 e. The zero-order chi connectivity index (χ0) is 22.1. The van der Waals surface area contributed by atoms with Crippen LogP contribution in [0.25, 0.3) is 39.2 Å². The summed E-state index contributed by atoms with van der Waals surface area (Å²) in [6, 6.07) is 19.1. The van der Waals surface area contributed by atoms with Crippen LogP contribution in [0.15, 0.2) is 71.9 Å². The minimum absolute atomic E-state index is 0.304. The largest absolute Gasteiger partial charge is 0.462 e.